The molecule has 0 aromatic heterocycles. The molecule has 3 nitrogen and oxygen atoms in total. The van der Waals surface area contributed by atoms with Crippen LogP contribution in [-0.2, 0) is 4.74 Å². The summed E-state index contributed by atoms with van der Waals surface area (Å²) in [7, 11) is 1.29. The standard InChI is InChI=1S/C10H11ClO3/c1-6(12)7-3-4-8(9(11)5-7)10(13)14-2/h3-6,12H,1-2H3/t6-/m0/s1. The normalized spacial score (nSPS) is 12.3. The monoisotopic (exact) mass is 214 g/mol. The van der Waals surface area contributed by atoms with E-state index in [1.807, 2.05) is 0 Å². The van der Waals surface area contributed by atoms with Crippen LogP contribution in [0.3, 0.4) is 0 Å². The molecule has 0 aliphatic carbocycles. The predicted octanol–water partition coefficient (Wildman–Crippen LogP) is 2.18. The maximum absolute atomic E-state index is 11.1. The number of hydrogen-bond acceptors (Lipinski definition) is 3. The minimum absolute atomic E-state index is 0.287. The first-order chi connectivity index (χ1) is 6.56. The van der Waals surface area contributed by atoms with Crippen LogP contribution in [0.2, 0.25) is 5.02 Å². The molecule has 76 valence electrons. The first-order valence-corrected chi connectivity index (χ1v) is 4.50. The van der Waals surface area contributed by atoms with Gasteiger partial charge in [-0.25, -0.2) is 4.79 Å². The Balaban J connectivity index is 3.07. The lowest BCUT2D eigenvalue weighted by Crippen LogP contribution is -2.03. The molecule has 14 heavy (non-hydrogen) atoms. The molecule has 0 radical (unpaired) electrons. The van der Waals surface area contributed by atoms with Crippen LogP contribution in [-0.4, -0.2) is 18.2 Å². The maximum atomic E-state index is 11.1. The highest BCUT2D eigenvalue weighted by Gasteiger charge is 2.11. The molecule has 0 saturated heterocycles. The van der Waals surface area contributed by atoms with E-state index >= 15 is 0 Å². The molecule has 0 aliphatic heterocycles. The number of aliphatic hydroxyl groups excluding tert-OH is 1. The Morgan fingerprint density at radius 2 is 2.21 bits per heavy atom. The van der Waals surface area contributed by atoms with Crippen LogP contribution in [0.5, 0.6) is 0 Å². The molecule has 1 aromatic rings. The average molecular weight is 215 g/mol. The van der Waals surface area contributed by atoms with Crippen LogP contribution in [0.4, 0.5) is 0 Å². The lowest BCUT2D eigenvalue weighted by molar-refractivity contribution is 0.0600. The third-order valence-electron chi connectivity index (χ3n) is 1.88. The lowest BCUT2D eigenvalue weighted by atomic mass is 10.1. The van der Waals surface area contributed by atoms with Crippen molar-refractivity contribution in [3.63, 3.8) is 0 Å². The molecule has 1 atom stereocenters. The largest absolute Gasteiger partial charge is 0.465 e. The Labute approximate surface area is 87.3 Å². The molecule has 0 fully saturated rings. The summed E-state index contributed by atoms with van der Waals surface area (Å²) in [6, 6.07) is 4.73. The summed E-state index contributed by atoms with van der Waals surface area (Å²) in [4.78, 5) is 11.1. The summed E-state index contributed by atoms with van der Waals surface area (Å²) in [5.74, 6) is -0.479. The van der Waals surface area contributed by atoms with E-state index in [4.69, 9.17) is 11.6 Å². The van der Waals surface area contributed by atoms with Gasteiger partial charge in [-0.1, -0.05) is 17.7 Å². The van der Waals surface area contributed by atoms with Gasteiger partial charge >= 0.3 is 5.97 Å². The van der Waals surface area contributed by atoms with Crippen LogP contribution < -0.4 is 0 Å². The van der Waals surface area contributed by atoms with Gasteiger partial charge in [0.15, 0.2) is 0 Å². The molecule has 4 heteroatoms. The van der Waals surface area contributed by atoms with E-state index in [-0.39, 0.29) is 5.02 Å². The minimum atomic E-state index is -0.598. The quantitative estimate of drug-likeness (QED) is 0.768. The number of rotatable bonds is 2. The summed E-state index contributed by atoms with van der Waals surface area (Å²) in [6.07, 6.45) is -0.598. The molecule has 0 saturated carbocycles. The number of carbonyl (C=O) groups excluding carboxylic acids is 1. The highest BCUT2D eigenvalue weighted by atomic mass is 35.5. The van der Waals surface area contributed by atoms with Crippen molar-refractivity contribution in [1.29, 1.82) is 0 Å². The smallest absolute Gasteiger partial charge is 0.339 e. The third kappa shape index (κ3) is 2.25. The lowest BCUT2D eigenvalue weighted by Gasteiger charge is -2.07. The van der Waals surface area contributed by atoms with Gasteiger partial charge in [0.25, 0.3) is 0 Å². The van der Waals surface area contributed by atoms with Crippen LogP contribution >= 0.6 is 11.6 Å². The molecule has 1 rings (SSSR count). The summed E-state index contributed by atoms with van der Waals surface area (Å²) in [6.45, 7) is 1.63. The number of esters is 1. The Kier molecular flexibility index (Phi) is 3.49. The fraction of sp³-hybridized carbons (Fsp3) is 0.300. The maximum Gasteiger partial charge on any atom is 0.339 e. The van der Waals surface area contributed by atoms with Crippen LogP contribution in [0, 0.1) is 0 Å². The number of aliphatic hydroxyl groups is 1. The number of benzene rings is 1. The van der Waals surface area contributed by atoms with Crippen molar-refractivity contribution < 1.29 is 14.6 Å². The zero-order valence-electron chi connectivity index (χ0n) is 7.95. The van der Waals surface area contributed by atoms with Crippen LogP contribution in [0.1, 0.15) is 28.9 Å². The van der Waals surface area contributed by atoms with Gasteiger partial charge in [-0.3, -0.25) is 0 Å². The van der Waals surface area contributed by atoms with E-state index in [9.17, 15) is 9.90 Å². The van der Waals surface area contributed by atoms with Crippen molar-refractivity contribution in [3.05, 3.63) is 34.3 Å². The van der Waals surface area contributed by atoms with Gasteiger partial charge in [-0.2, -0.15) is 0 Å². The van der Waals surface area contributed by atoms with Gasteiger partial charge in [0.05, 0.1) is 23.8 Å². The van der Waals surface area contributed by atoms with Crippen molar-refractivity contribution in [2.75, 3.05) is 7.11 Å². The van der Waals surface area contributed by atoms with Crippen molar-refractivity contribution >= 4 is 17.6 Å². The summed E-state index contributed by atoms with van der Waals surface area (Å²) in [5, 5.41) is 9.55. The van der Waals surface area contributed by atoms with Gasteiger partial charge in [-0.05, 0) is 24.6 Å². The topological polar surface area (TPSA) is 46.5 Å². The van der Waals surface area contributed by atoms with E-state index in [2.05, 4.69) is 4.74 Å². The van der Waals surface area contributed by atoms with E-state index in [0.717, 1.165) is 0 Å². The molecule has 0 amide bonds. The second-order valence-corrected chi connectivity index (χ2v) is 3.31. The summed E-state index contributed by atoms with van der Waals surface area (Å²) >= 11 is 5.84. The van der Waals surface area contributed by atoms with E-state index in [1.165, 1.54) is 13.2 Å². The zero-order valence-corrected chi connectivity index (χ0v) is 8.71. The van der Waals surface area contributed by atoms with Gasteiger partial charge in [0, 0.05) is 0 Å². The Morgan fingerprint density at radius 1 is 1.57 bits per heavy atom. The number of methoxy groups -OCH3 is 1. The third-order valence-corrected chi connectivity index (χ3v) is 2.19. The Morgan fingerprint density at radius 3 is 2.64 bits per heavy atom. The fourth-order valence-electron chi connectivity index (χ4n) is 1.07. The van der Waals surface area contributed by atoms with Crippen LogP contribution in [0.25, 0.3) is 0 Å². The van der Waals surface area contributed by atoms with Crippen molar-refractivity contribution in [2.24, 2.45) is 0 Å². The first kappa shape index (κ1) is 11.0. The molecule has 0 aliphatic rings. The molecule has 0 unspecified atom stereocenters. The van der Waals surface area contributed by atoms with Crippen molar-refractivity contribution in [3.8, 4) is 0 Å². The second-order valence-electron chi connectivity index (χ2n) is 2.91. The molecule has 0 heterocycles. The van der Waals surface area contributed by atoms with E-state index in [1.54, 1.807) is 19.1 Å². The summed E-state index contributed by atoms with van der Waals surface area (Å²) < 4.78 is 4.53. The molecule has 1 aromatic carbocycles. The van der Waals surface area contributed by atoms with Gasteiger partial charge in [0.2, 0.25) is 0 Å². The molecule has 1 N–H and O–H groups in total. The highest BCUT2D eigenvalue weighted by molar-refractivity contribution is 6.33. The van der Waals surface area contributed by atoms with Crippen molar-refractivity contribution in [2.45, 2.75) is 13.0 Å². The molecule has 0 spiro atoms. The average Bonchev–Trinajstić information content (AvgIpc) is 2.16. The predicted molar refractivity (Wildman–Crippen MR) is 53.4 cm³/mol. The van der Waals surface area contributed by atoms with E-state index in [0.29, 0.717) is 11.1 Å². The number of hydrogen-bond donors (Lipinski definition) is 1. The van der Waals surface area contributed by atoms with Gasteiger partial charge < -0.3 is 9.84 Å². The molecule has 0 bridgehead atoms. The Hall–Kier alpha value is -1.06. The number of halogens is 1. The second kappa shape index (κ2) is 4.44. The minimum Gasteiger partial charge on any atom is -0.465 e. The molecular formula is C10H11ClO3. The SMILES string of the molecule is COC(=O)c1ccc([C@H](C)O)cc1Cl. The Bertz CT molecular complexity index is 347. The highest BCUT2D eigenvalue weighted by Crippen LogP contribution is 2.22. The summed E-state index contributed by atoms with van der Waals surface area (Å²) in [5.41, 5.74) is 0.973. The van der Waals surface area contributed by atoms with Crippen molar-refractivity contribution in [1.82, 2.24) is 0 Å². The van der Waals surface area contributed by atoms with Gasteiger partial charge in [-0.15, -0.1) is 0 Å². The van der Waals surface area contributed by atoms with Gasteiger partial charge in [0.1, 0.15) is 0 Å². The first-order valence-electron chi connectivity index (χ1n) is 4.12. The fourth-order valence-corrected chi connectivity index (χ4v) is 1.33. The number of ether oxygens (including phenoxy) is 1. The van der Waals surface area contributed by atoms with Crippen LogP contribution in [0.15, 0.2) is 18.2 Å². The number of carbonyl (C=O) groups is 1. The molecular weight excluding hydrogens is 204 g/mol. The van der Waals surface area contributed by atoms with E-state index < -0.39 is 12.1 Å². The zero-order chi connectivity index (χ0) is 10.7.